The van der Waals surface area contributed by atoms with Crippen LogP contribution in [0.3, 0.4) is 0 Å². The number of benzene rings is 1. The largest absolute Gasteiger partial charge is 0.544 e. The minimum atomic E-state index is -1.45. The zero-order chi connectivity index (χ0) is 10.0. The van der Waals surface area contributed by atoms with Crippen molar-refractivity contribution < 1.29 is 20.0 Å². The molecule has 0 aromatic heterocycles. The lowest BCUT2D eigenvalue weighted by atomic mass is 10.1. The van der Waals surface area contributed by atoms with Crippen LogP contribution in [-0.2, 0) is 4.79 Å². The molecule has 0 aliphatic carbocycles. The van der Waals surface area contributed by atoms with Crippen LogP contribution in [0.5, 0.6) is 0 Å². The van der Waals surface area contributed by atoms with Crippen molar-refractivity contribution in [2.75, 3.05) is 0 Å². The Kier molecular flexibility index (Phi) is 2.85. The molecule has 70 valence electrons. The number of rotatable bonds is 2. The van der Waals surface area contributed by atoms with E-state index < -0.39 is 17.8 Å². The highest BCUT2D eigenvalue weighted by molar-refractivity contribution is 6.31. The van der Waals surface area contributed by atoms with Crippen molar-refractivity contribution >= 4 is 17.6 Å². The molecular weight excluding hydrogens is 197 g/mol. The quantitative estimate of drug-likeness (QED) is 0.705. The summed E-state index contributed by atoms with van der Waals surface area (Å²) in [6, 6.07) is 2.64. The fraction of sp³-hybridized carbons (Fsp3) is 0.125. The average molecular weight is 204 g/mol. The Balaban J connectivity index is 3.20. The standard InChI is InChI=1S/C8H7ClFNO2/c9-4-2-1-3-5(10)6(4)7(11)8(12)13/h1-3,7H,11H2,(H,12,13)/t7-/m0/s1. The number of halogens is 2. The van der Waals surface area contributed by atoms with E-state index >= 15 is 0 Å². The van der Waals surface area contributed by atoms with Gasteiger partial charge in [-0.1, -0.05) is 17.7 Å². The molecule has 13 heavy (non-hydrogen) atoms. The van der Waals surface area contributed by atoms with Crippen LogP contribution >= 0.6 is 11.6 Å². The smallest absolute Gasteiger partial charge is 0.155 e. The summed E-state index contributed by atoms with van der Waals surface area (Å²) in [4.78, 5) is 10.4. The van der Waals surface area contributed by atoms with Gasteiger partial charge in [0.25, 0.3) is 0 Å². The summed E-state index contributed by atoms with van der Waals surface area (Å²) in [5.41, 5.74) is 3.11. The second kappa shape index (κ2) is 3.72. The van der Waals surface area contributed by atoms with E-state index in [1.165, 1.54) is 12.1 Å². The van der Waals surface area contributed by atoms with Crippen LogP contribution in [0, 0.1) is 5.82 Å². The molecule has 0 fully saturated rings. The Morgan fingerprint density at radius 1 is 1.62 bits per heavy atom. The zero-order valence-corrected chi connectivity index (χ0v) is 7.34. The topological polar surface area (TPSA) is 67.8 Å². The molecule has 5 heteroatoms. The van der Waals surface area contributed by atoms with Crippen LogP contribution in [0.25, 0.3) is 0 Å². The third kappa shape index (κ3) is 1.96. The van der Waals surface area contributed by atoms with Crippen molar-refractivity contribution in [3.8, 4) is 0 Å². The first-order valence-electron chi connectivity index (χ1n) is 3.52. The van der Waals surface area contributed by atoms with E-state index in [1.54, 1.807) is 0 Å². The number of carboxylic acid groups (broad SMARTS) is 1. The fourth-order valence-electron chi connectivity index (χ4n) is 0.961. The highest BCUT2D eigenvalue weighted by atomic mass is 35.5. The van der Waals surface area contributed by atoms with Crippen molar-refractivity contribution in [2.24, 2.45) is 0 Å². The van der Waals surface area contributed by atoms with Gasteiger partial charge in [-0.3, -0.25) is 0 Å². The molecule has 1 aromatic carbocycles. The van der Waals surface area contributed by atoms with E-state index in [4.69, 9.17) is 11.6 Å². The molecular formula is C8H7ClFNO2. The molecule has 3 N–H and O–H groups in total. The summed E-state index contributed by atoms with van der Waals surface area (Å²) in [5.74, 6) is -2.14. The lowest BCUT2D eigenvalue weighted by Gasteiger charge is -2.11. The molecule has 0 amide bonds. The van der Waals surface area contributed by atoms with Gasteiger partial charge in [-0.2, -0.15) is 0 Å². The Morgan fingerprint density at radius 3 is 2.69 bits per heavy atom. The summed E-state index contributed by atoms with van der Waals surface area (Å²) in [5, 5.41) is 10.5. The maximum absolute atomic E-state index is 13.0. The van der Waals surface area contributed by atoms with E-state index in [1.807, 2.05) is 0 Å². The Morgan fingerprint density at radius 2 is 2.23 bits per heavy atom. The van der Waals surface area contributed by atoms with Crippen LogP contribution in [0.2, 0.25) is 5.02 Å². The van der Waals surface area contributed by atoms with Gasteiger partial charge in [-0.05, 0) is 12.1 Å². The molecule has 0 unspecified atom stereocenters. The van der Waals surface area contributed by atoms with Gasteiger partial charge >= 0.3 is 0 Å². The number of carbonyl (C=O) groups excluding carboxylic acids is 1. The number of carbonyl (C=O) groups is 1. The van der Waals surface area contributed by atoms with Crippen LogP contribution < -0.4 is 10.8 Å². The van der Waals surface area contributed by atoms with Crippen molar-refractivity contribution in [1.29, 1.82) is 0 Å². The lowest BCUT2D eigenvalue weighted by molar-refractivity contribution is -0.443. The molecule has 0 aliphatic rings. The second-order valence-electron chi connectivity index (χ2n) is 2.51. The second-order valence-corrected chi connectivity index (χ2v) is 2.91. The van der Waals surface area contributed by atoms with Gasteiger partial charge in [0.1, 0.15) is 11.8 Å². The molecule has 1 atom stereocenters. The molecule has 0 spiro atoms. The van der Waals surface area contributed by atoms with Crippen molar-refractivity contribution in [1.82, 2.24) is 0 Å². The fourth-order valence-corrected chi connectivity index (χ4v) is 1.26. The monoisotopic (exact) mass is 203 g/mol. The van der Waals surface area contributed by atoms with Crippen molar-refractivity contribution in [2.45, 2.75) is 6.04 Å². The average Bonchev–Trinajstić information content (AvgIpc) is 2.03. The van der Waals surface area contributed by atoms with Crippen molar-refractivity contribution in [3.05, 3.63) is 34.6 Å². The van der Waals surface area contributed by atoms with Gasteiger partial charge in [0.15, 0.2) is 6.04 Å². The third-order valence-electron chi connectivity index (χ3n) is 1.63. The molecule has 1 rings (SSSR count). The maximum Gasteiger partial charge on any atom is 0.155 e. The Bertz CT molecular complexity index is 323. The number of aliphatic carboxylic acids is 1. The van der Waals surface area contributed by atoms with Gasteiger partial charge in [0.05, 0.1) is 10.6 Å². The van der Waals surface area contributed by atoms with Gasteiger partial charge in [0.2, 0.25) is 0 Å². The number of carboxylic acids is 1. The van der Waals surface area contributed by atoms with Crippen molar-refractivity contribution in [3.63, 3.8) is 0 Å². The summed E-state index contributed by atoms with van der Waals surface area (Å²) >= 11 is 5.60. The summed E-state index contributed by atoms with van der Waals surface area (Å²) in [6.45, 7) is 0. The van der Waals surface area contributed by atoms with E-state index in [9.17, 15) is 14.3 Å². The number of hydrogen-bond acceptors (Lipinski definition) is 2. The number of hydrogen-bond donors (Lipinski definition) is 1. The minimum absolute atomic E-state index is 0.0456. The molecule has 0 radical (unpaired) electrons. The molecule has 1 aromatic rings. The van der Waals surface area contributed by atoms with Gasteiger partial charge in [-0.15, -0.1) is 0 Å². The van der Waals surface area contributed by atoms with Crippen LogP contribution in [-0.4, -0.2) is 5.97 Å². The molecule has 0 aliphatic heterocycles. The molecule has 0 heterocycles. The van der Waals surface area contributed by atoms with Crippen LogP contribution in [0.1, 0.15) is 11.6 Å². The van der Waals surface area contributed by atoms with E-state index in [0.717, 1.165) is 6.07 Å². The molecule has 0 saturated carbocycles. The van der Waals surface area contributed by atoms with E-state index in [2.05, 4.69) is 5.73 Å². The van der Waals surface area contributed by atoms with Crippen LogP contribution in [0.4, 0.5) is 4.39 Å². The Labute approximate surface area is 78.9 Å². The van der Waals surface area contributed by atoms with E-state index in [-0.39, 0.29) is 10.6 Å². The first-order valence-corrected chi connectivity index (χ1v) is 3.89. The highest BCUT2D eigenvalue weighted by Crippen LogP contribution is 2.22. The van der Waals surface area contributed by atoms with Crippen LogP contribution in [0.15, 0.2) is 18.2 Å². The normalized spacial score (nSPS) is 12.5. The van der Waals surface area contributed by atoms with Gasteiger partial charge in [0, 0.05) is 0 Å². The summed E-state index contributed by atoms with van der Waals surface area (Å²) < 4.78 is 13.0. The number of quaternary nitrogens is 1. The first-order chi connectivity index (χ1) is 6.04. The third-order valence-corrected chi connectivity index (χ3v) is 1.96. The summed E-state index contributed by atoms with van der Waals surface area (Å²) in [6.07, 6.45) is 0. The lowest BCUT2D eigenvalue weighted by Crippen LogP contribution is -2.61. The first kappa shape index (κ1) is 9.95. The molecule has 0 saturated heterocycles. The molecule has 3 nitrogen and oxygen atoms in total. The maximum atomic E-state index is 13.0. The minimum Gasteiger partial charge on any atom is -0.544 e. The predicted molar refractivity (Wildman–Crippen MR) is 42.0 cm³/mol. The summed E-state index contributed by atoms with van der Waals surface area (Å²) in [7, 11) is 0. The van der Waals surface area contributed by atoms with Gasteiger partial charge in [-0.25, -0.2) is 4.39 Å². The molecule has 0 bridgehead atoms. The Hall–Kier alpha value is -1.13. The van der Waals surface area contributed by atoms with E-state index in [0.29, 0.717) is 0 Å². The zero-order valence-electron chi connectivity index (χ0n) is 6.59. The SMILES string of the molecule is [NH3+][C@H](C(=O)[O-])c1c(F)cccc1Cl. The highest BCUT2D eigenvalue weighted by Gasteiger charge is 2.18. The predicted octanol–water partition coefficient (Wildman–Crippen LogP) is -0.488. The van der Waals surface area contributed by atoms with Gasteiger partial charge < -0.3 is 15.6 Å².